The number of anilines is 3. The second-order valence-electron chi connectivity index (χ2n) is 8.71. The maximum absolute atomic E-state index is 7.53. The third kappa shape index (κ3) is 3.98. The van der Waals surface area contributed by atoms with Crippen LogP contribution in [-0.4, -0.2) is 75.7 Å². The minimum absolute atomic E-state index is 0.485. The number of aryl methyl sites for hydroxylation is 1. The van der Waals surface area contributed by atoms with E-state index in [1.807, 2.05) is 0 Å². The number of rotatable bonds is 5. The highest BCUT2D eigenvalue weighted by Crippen LogP contribution is 2.35. The molecule has 162 valence electrons. The van der Waals surface area contributed by atoms with Gasteiger partial charge < -0.3 is 31.2 Å². The summed E-state index contributed by atoms with van der Waals surface area (Å²) in [7, 11) is 2.20. The van der Waals surface area contributed by atoms with Crippen LogP contribution in [0.15, 0.2) is 18.6 Å². The van der Waals surface area contributed by atoms with Gasteiger partial charge in [-0.1, -0.05) is 0 Å². The highest BCUT2D eigenvalue weighted by atomic mass is 15.2. The van der Waals surface area contributed by atoms with Gasteiger partial charge >= 0.3 is 0 Å². The van der Waals surface area contributed by atoms with Crippen LogP contribution in [0.4, 0.5) is 17.3 Å². The number of aromatic nitrogens is 4. The number of H-pyrrole nitrogens is 1. The summed E-state index contributed by atoms with van der Waals surface area (Å²) in [5.41, 5.74) is 10.5. The van der Waals surface area contributed by atoms with E-state index >= 15 is 0 Å². The molecule has 0 aromatic carbocycles. The summed E-state index contributed by atoms with van der Waals surface area (Å²) < 4.78 is 0. The molecule has 3 aromatic heterocycles. The summed E-state index contributed by atoms with van der Waals surface area (Å²) in [6.07, 6.45) is 7.65. The van der Waals surface area contributed by atoms with Crippen LogP contribution < -0.4 is 11.1 Å². The monoisotopic (exact) mass is 419 g/mol. The first-order valence-electron chi connectivity index (χ1n) is 10.9. The van der Waals surface area contributed by atoms with E-state index in [2.05, 4.69) is 42.1 Å². The zero-order valence-electron chi connectivity index (χ0n) is 17.9. The van der Waals surface area contributed by atoms with Crippen LogP contribution in [0.5, 0.6) is 0 Å². The summed E-state index contributed by atoms with van der Waals surface area (Å²) in [5, 5.41) is 11.9. The number of piperazine rings is 1. The zero-order chi connectivity index (χ0) is 21.4. The Labute approximate surface area is 181 Å². The van der Waals surface area contributed by atoms with E-state index in [0.29, 0.717) is 23.0 Å². The molecule has 0 spiro atoms. The SMILES string of the molecule is CN1CCN(CC2CCc3[nH]c4ncnc(Nc5cc(C=N)c(N)cn5)c4c3C2)CC1. The quantitative estimate of drug-likeness (QED) is 0.467. The van der Waals surface area contributed by atoms with Crippen LogP contribution in [0.2, 0.25) is 0 Å². The average Bonchev–Trinajstić information content (AvgIpc) is 3.15. The van der Waals surface area contributed by atoms with E-state index in [1.54, 1.807) is 18.6 Å². The maximum atomic E-state index is 7.53. The summed E-state index contributed by atoms with van der Waals surface area (Å²) in [6.45, 7) is 5.76. The number of nitrogen functional groups attached to an aromatic ring is 1. The van der Waals surface area contributed by atoms with Crippen LogP contribution >= 0.6 is 0 Å². The lowest BCUT2D eigenvalue weighted by molar-refractivity contribution is 0.132. The number of likely N-dealkylation sites (N-methyl/N-ethyl adjacent to an activating group) is 1. The number of fused-ring (bicyclic) bond motifs is 3. The van der Waals surface area contributed by atoms with Crippen molar-refractivity contribution in [2.75, 3.05) is 50.8 Å². The lowest BCUT2D eigenvalue weighted by atomic mass is 9.86. The van der Waals surface area contributed by atoms with Crippen LogP contribution in [0, 0.1) is 11.3 Å². The Morgan fingerprint density at radius 3 is 2.90 bits per heavy atom. The van der Waals surface area contributed by atoms with Crippen LogP contribution in [0.1, 0.15) is 23.2 Å². The van der Waals surface area contributed by atoms with Crippen molar-refractivity contribution < 1.29 is 0 Å². The Morgan fingerprint density at radius 2 is 2.10 bits per heavy atom. The van der Waals surface area contributed by atoms with Gasteiger partial charge in [0.2, 0.25) is 0 Å². The first-order valence-corrected chi connectivity index (χ1v) is 10.9. The number of pyridine rings is 1. The highest BCUT2D eigenvalue weighted by molar-refractivity contribution is 5.93. The number of hydrogen-bond acceptors (Lipinski definition) is 8. The molecule has 1 saturated heterocycles. The number of nitrogens with one attached hydrogen (secondary N) is 3. The van der Waals surface area contributed by atoms with Gasteiger partial charge in [0.05, 0.1) is 17.3 Å². The number of hydrogen-bond donors (Lipinski definition) is 4. The van der Waals surface area contributed by atoms with Crippen molar-refractivity contribution in [1.82, 2.24) is 29.7 Å². The molecule has 1 atom stereocenters. The largest absolute Gasteiger partial charge is 0.397 e. The zero-order valence-corrected chi connectivity index (χ0v) is 17.9. The van der Waals surface area contributed by atoms with E-state index in [4.69, 9.17) is 11.1 Å². The molecule has 4 heterocycles. The lowest BCUT2D eigenvalue weighted by Gasteiger charge is -2.35. The molecule has 0 bridgehead atoms. The fraction of sp³-hybridized carbons (Fsp3) is 0.455. The Kier molecular flexibility index (Phi) is 5.29. The molecule has 9 heteroatoms. The van der Waals surface area contributed by atoms with Crippen molar-refractivity contribution in [1.29, 1.82) is 5.41 Å². The van der Waals surface area contributed by atoms with Crippen LogP contribution in [0.3, 0.4) is 0 Å². The van der Waals surface area contributed by atoms with Gasteiger partial charge in [0.15, 0.2) is 0 Å². The van der Waals surface area contributed by atoms with Crippen molar-refractivity contribution in [3.05, 3.63) is 35.4 Å². The summed E-state index contributed by atoms with van der Waals surface area (Å²) in [5.74, 6) is 2.01. The molecule has 1 fully saturated rings. The van der Waals surface area contributed by atoms with Gasteiger partial charge in [-0.25, -0.2) is 15.0 Å². The van der Waals surface area contributed by atoms with Crippen molar-refractivity contribution in [3.8, 4) is 0 Å². The number of nitrogens with two attached hydrogens (primary N) is 1. The summed E-state index contributed by atoms with van der Waals surface area (Å²) in [6, 6.07) is 1.77. The first-order chi connectivity index (χ1) is 15.1. The molecule has 31 heavy (non-hydrogen) atoms. The van der Waals surface area contributed by atoms with Crippen LogP contribution in [-0.2, 0) is 12.8 Å². The minimum atomic E-state index is 0.485. The molecule has 1 aliphatic heterocycles. The fourth-order valence-electron chi connectivity index (χ4n) is 4.76. The third-order valence-electron chi connectivity index (χ3n) is 6.56. The van der Waals surface area contributed by atoms with E-state index < -0.39 is 0 Å². The van der Waals surface area contributed by atoms with Gasteiger partial charge in [-0.05, 0) is 43.9 Å². The minimum Gasteiger partial charge on any atom is -0.397 e. The van der Waals surface area contributed by atoms with E-state index in [-0.39, 0.29) is 0 Å². The van der Waals surface area contributed by atoms with E-state index in [1.165, 1.54) is 23.9 Å². The van der Waals surface area contributed by atoms with Crippen LogP contribution in [0.25, 0.3) is 11.0 Å². The summed E-state index contributed by atoms with van der Waals surface area (Å²) in [4.78, 5) is 21.9. The Morgan fingerprint density at radius 1 is 1.26 bits per heavy atom. The molecule has 2 aliphatic rings. The first kappa shape index (κ1) is 19.9. The van der Waals surface area contributed by atoms with Crippen molar-refractivity contribution >= 4 is 34.6 Å². The molecule has 9 nitrogen and oxygen atoms in total. The molecule has 5 rings (SSSR count). The molecular formula is C22H29N9. The molecule has 1 aliphatic carbocycles. The second-order valence-corrected chi connectivity index (χ2v) is 8.71. The molecule has 1 unspecified atom stereocenters. The Hall–Kier alpha value is -3.04. The smallest absolute Gasteiger partial charge is 0.144 e. The molecule has 0 amide bonds. The molecule has 3 aromatic rings. The Balaban J connectivity index is 1.41. The van der Waals surface area contributed by atoms with Gasteiger partial charge in [-0.15, -0.1) is 0 Å². The van der Waals surface area contributed by atoms with Gasteiger partial charge in [0.1, 0.15) is 23.6 Å². The maximum Gasteiger partial charge on any atom is 0.144 e. The van der Waals surface area contributed by atoms with E-state index in [9.17, 15) is 0 Å². The fourth-order valence-corrected chi connectivity index (χ4v) is 4.76. The number of nitrogens with zero attached hydrogens (tertiary/aromatic N) is 5. The third-order valence-corrected chi connectivity index (χ3v) is 6.56. The lowest BCUT2D eigenvalue weighted by Crippen LogP contribution is -2.46. The normalized spacial score (nSPS) is 20.0. The van der Waals surface area contributed by atoms with Gasteiger partial charge in [0, 0.05) is 50.2 Å². The molecular weight excluding hydrogens is 390 g/mol. The van der Waals surface area contributed by atoms with Crippen molar-refractivity contribution in [2.45, 2.75) is 19.3 Å². The summed E-state index contributed by atoms with van der Waals surface area (Å²) >= 11 is 0. The van der Waals surface area contributed by atoms with Crippen molar-refractivity contribution in [3.63, 3.8) is 0 Å². The van der Waals surface area contributed by atoms with E-state index in [0.717, 1.165) is 62.4 Å². The standard InChI is InChI=1S/C22H29N9/c1-30-4-6-31(7-5-30)12-14-2-3-18-16(8-14)20-21(28-18)26-13-27-22(20)29-19-9-15(10-23)17(24)11-25-19/h9-11,13-14,23H,2-8,12,24H2,1H3,(H2,25,26,27,28,29). The van der Waals surface area contributed by atoms with Gasteiger partial charge in [-0.2, -0.15) is 0 Å². The number of aromatic amines is 1. The topological polar surface area (TPSA) is 123 Å². The van der Waals surface area contributed by atoms with Gasteiger partial charge in [0.25, 0.3) is 0 Å². The molecule has 5 N–H and O–H groups in total. The molecule has 0 radical (unpaired) electrons. The predicted octanol–water partition coefficient (Wildman–Crippen LogP) is 2.03. The Bertz CT molecular complexity index is 1100. The van der Waals surface area contributed by atoms with Crippen molar-refractivity contribution in [2.24, 2.45) is 5.92 Å². The highest BCUT2D eigenvalue weighted by Gasteiger charge is 2.27. The second kappa shape index (κ2) is 8.24. The molecule has 0 saturated carbocycles. The predicted molar refractivity (Wildman–Crippen MR) is 123 cm³/mol. The van der Waals surface area contributed by atoms with Gasteiger partial charge in [-0.3, -0.25) is 0 Å². The average molecular weight is 420 g/mol.